The fraction of sp³-hybridized carbons (Fsp3) is 0.750. The van der Waals surface area contributed by atoms with Gasteiger partial charge in [-0.3, -0.25) is 0 Å². The molecule has 0 aromatic carbocycles. The van der Waals surface area contributed by atoms with Crippen LogP contribution in [-0.4, -0.2) is 10.5 Å². The lowest BCUT2D eigenvalue weighted by Crippen LogP contribution is -2.34. The minimum absolute atomic E-state index is 0.181. The number of aromatic nitrogens is 1. The molecule has 15 heavy (non-hydrogen) atoms. The monoisotopic (exact) mass is 226 g/mol. The predicted octanol–water partition coefficient (Wildman–Crippen LogP) is 3.54. The Bertz CT molecular complexity index is 299. The molecular weight excluding hydrogens is 204 g/mol. The summed E-state index contributed by atoms with van der Waals surface area (Å²) >= 11 is 1.83. The van der Waals surface area contributed by atoms with Crippen molar-refractivity contribution in [3.8, 4) is 0 Å². The van der Waals surface area contributed by atoms with Crippen LogP contribution in [0.4, 0.5) is 0 Å². The van der Waals surface area contributed by atoms with Gasteiger partial charge in [0.25, 0.3) is 0 Å². The fourth-order valence-corrected chi connectivity index (χ4v) is 2.15. The third-order valence-electron chi connectivity index (χ3n) is 2.40. The van der Waals surface area contributed by atoms with Crippen LogP contribution in [0.15, 0.2) is 6.20 Å². The number of nitrogens with zero attached hydrogens (tertiary/aromatic N) is 1. The second kappa shape index (κ2) is 5.08. The lowest BCUT2D eigenvalue weighted by atomic mass is 10.1. The van der Waals surface area contributed by atoms with E-state index < -0.39 is 0 Å². The summed E-state index contributed by atoms with van der Waals surface area (Å²) in [4.78, 5) is 5.80. The average Bonchev–Trinajstić information content (AvgIpc) is 2.61. The van der Waals surface area contributed by atoms with Crippen LogP contribution in [0.3, 0.4) is 0 Å². The minimum atomic E-state index is 0.181. The summed E-state index contributed by atoms with van der Waals surface area (Å²) in [6, 6.07) is 0. The topological polar surface area (TPSA) is 24.9 Å². The van der Waals surface area contributed by atoms with E-state index >= 15 is 0 Å². The van der Waals surface area contributed by atoms with E-state index in [2.05, 4.69) is 44.9 Å². The van der Waals surface area contributed by atoms with Crippen molar-refractivity contribution in [1.29, 1.82) is 0 Å². The Kier molecular flexibility index (Phi) is 4.29. The van der Waals surface area contributed by atoms with Gasteiger partial charge in [0.05, 0.1) is 5.01 Å². The van der Waals surface area contributed by atoms with Gasteiger partial charge in [-0.05, 0) is 27.2 Å². The standard InChI is InChI=1S/C12H22N2S/c1-6-9(2)11-13-7-10(15-11)8-14-12(3,4)5/h7,9,14H,6,8H2,1-5H3. The van der Waals surface area contributed by atoms with Crippen molar-refractivity contribution in [1.82, 2.24) is 10.3 Å². The van der Waals surface area contributed by atoms with Gasteiger partial charge in [-0.15, -0.1) is 11.3 Å². The van der Waals surface area contributed by atoms with E-state index in [-0.39, 0.29) is 5.54 Å². The van der Waals surface area contributed by atoms with Gasteiger partial charge in [-0.1, -0.05) is 13.8 Å². The molecule has 0 fully saturated rings. The molecule has 1 aromatic rings. The van der Waals surface area contributed by atoms with Gasteiger partial charge in [-0.25, -0.2) is 4.98 Å². The molecule has 0 spiro atoms. The maximum atomic E-state index is 4.47. The lowest BCUT2D eigenvalue weighted by molar-refractivity contribution is 0.426. The first-order valence-electron chi connectivity index (χ1n) is 5.62. The summed E-state index contributed by atoms with van der Waals surface area (Å²) in [6.45, 7) is 11.9. The first-order valence-corrected chi connectivity index (χ1v) is 6.43. The zero-order chi connectivity index (χ0) is 11.5. The van der Waals surface area contributed by atoms with Crippen LogP contribution >= 0.6 is 11.3 Å². The number of hydrogen-bond acceptors (Lipinski definition) is 3. The normalized spacial score (nSPS) is 14.2. The smallest absolute Gasteiger partial charge is 0.0956 e. The van der Waals surface area contributed by atoms with Gasteiger partial charge in [0.15, 0.2) is 0 Å². The van der Waals surface area contributed by atoms with E-state index in [0.29, 0.717) is 5.92 Å². The second-order valence-electron chi connectivity index (χ2n) is 5.08. The summed E-state index contributed by atoms with van der Waals surface area (Å²) < 4.78 is 0. The van der Waals surface area contributed by atoms with E-state index in [1.807, 2.05) is 17.5 Å². The minimum Gasteiger partial charge on any atom is -0.307 e. The zero-order valence-electron chi connectivity index (χ0n) is 10.4. The molecule has 0 bridgehead atoms. The Balaban J connectivity index is 2.53. The zero-order valence-corrected chi connectivity index (χ0v) is 11.2. The molecular formula is C12H22N2S. The van der Waals surface area contributed by atoms with Crippen molar-refractivity contribution in [2.75, 3.05) is 0 Å². The first kappa shape index (κ1) is 12.7. The maximum Gasteiger partial charge on any atom is 0.0956 e. The number of rotatable bonds is 4. The van der Waals surface area contributed by atoms with E-state index in [1.54, 1.807) is 0 Å². The largest absolute Gasteiger partial charge is 0.307 e. The fourth-order valence-electron chi connectivity index (χ4n) is 1.16. The van der Waals surface area contributed by atoms with Gasteiger partial charge < -0.3 is 5.32 Å². The highest BCUT2D eigenvalue weighted by atomic mass is 32.1. The molecule has 1 rings (SSSR count). The van der Waals surface area contributed by atoms with Crippen LogP contribution in [0.5, 0.6) is 0 Å². The van der Waals surface area contributed by atoms with Gasteiger partial charge in [0, 0.05) is 29.1 Å². The molecule has 1 atom stereocenters. The van der Waals surface area contributed by atoms with Gasteiger partial charge >= 0.3 is 0 Å². The van der Waals surface area contributed by atoms with Gasteiger partial charge in [-0.2, -0.15) is 0 Å². The maximum absolute atomic E-state index is 4.47. The van der Waals surface area contributed by atoms with E-state index in [9.17, 15) is 0 Å². The molecule has 0 amide bonds. The molecule has 0 aliphatic heterocycles. The molecule has 1 N–H and O–H groups in total. The molecule has 86 valence electrons. The van der Waals surface area contributed by atoms with E-state index in [1.165, 1.54) is 16.3 Å². The quantitative estimate of drug-likeness (QED) is 0.849. The Morgan fingerprint density at radius 1 is 1.47 bits per heavy atom. The summed E-state index contributed by atoms with van der Waals surface area (Å²) in [5.41, 5.74) is 0.181. The van der Waals surface area contributed by atoms with Crippen LogP contribution in [0.2, 0.25) is 0 Å². The molecule has 0 saturated carbocycles. The van der Waals surface area contributed by atoms with Crippen LogP contribution in [-0.2, 0) is 6.54 Å². The van der Waals surface area contributed by atoms with E-state index in [4.69, 9.17) is 0 Å². The van der Waals surface area contributed by atoms with Crippen LogP contribution < -0.4 is 5.32 Å². The highest BCUT2D eigenvalue weighted by Crippen LogP contribution is 2.24. The number of thiazole rings is 1. The third kappa shape index (κ3) is 4.31. The Morgan fingerprint density at radius 2 is 2.13 bits per heavy atom. The molecule has 2 nitrogen and oxygen atoms in total. The summed E-state index contributed by atoms with van der Waals surface area (Å²) in [5, 5.41) is 4.75. The first-order chi connectivity index (χ1) is 6.92. The molecule has 0 radical (unpaired) electrons. The molecule has 1 unspecified atom stereocenters. The molecule has 3 heteroatoms. The molecule has 0 aliphatic rings. The van der Waals surface area contributed by atoms with Crippen LogP contribution in [0.25, 0.3) is 0 Å². The SMILES string of the molecule is CCC(C)c1ncc(CNC(C)(C)C)s1. The van der Waals surface area contributed by atoms with Crippen molar-refractivity contribution >= 4 is 11.3 Å². The second-order valence-corrected chi connectivity index (χ2v) is 6.22. The Labute approximate surface area is 97.1 Å². The van der Waals surface area contributed by atoms with Crippen molar-refractivity contribution < 1.29 is 0 Å². The molecule has 1 heterocycles. The summed E-state index contributed by atoms with van der Waals surface area (Å²) in [6.07, 6.45) is 3.17. The Morgan fingerprint density at radius 3 is 2.67 bits per heavy atom. The molecule has 1 aromatic heterocycles. The lowest BCUT2D eigenvalue weighted by Gasteiger charge is -2.19. The number of hydrogen-bond donors (Lipinski definition) is 1. The molecule has 0 saturated heterocycles. The van der Waals surface area contributed by atoms with Crippen molar-refractivity contribution in [3.05, 3.63) is 16.1 Å². The predicted molar refractivity (Wildman–Crippen MR) is 67.4 cm³/mol. The molecule has 0 aliphatic carbocycles. The van der Waals surface area contributed by atoms with Gasteiger partial charge in [0.1, 0.15) is 0 Å². The third-order valence-corrected chi connectivity index (χ3v) is 3.63. The average molecular weight is 226 g/mol. The Hall–Kier alpha value is -0.410. The van der Waals surface area contributed by atoms with Crippen molar-refractivity contribution in [2.45, 2.75) is 59.0 Å². The van der Waals surface area contributed by atoms with Crippen LogP contribution in [0.1, 0.15) is 56.8 Å². The van der Waals surface area contributed by atoms with E-state index in [0.717, 1.165) is 6.54 Å². The number of nitrogens with one attached hydrogen (secondary N) is 1. The highest BCUT2D eigenvalue weighted by molar-refractivity contribution is 7.11. The summed E-state index contributed by atoms with van der Waals surface area (Å²) in [7, 11) is 0. The van der Waals surface area contributed by atoms with Crippen LogP contribution in [0, 0.1) is 0 Å². The summed E-state index contributed by atoms with van der Waals surface area (Å²) in [5.74, 6) is 0.596. The highest BCUT2D eigenvalue weighted by Gasteiger charge is 2.11. The van der Waals surface area contributed by atoms with Gasteiger partial charge in [0.2, 0.25) is 0 Å². The van der Waals surface area contributed by atoms with Crippen molar-refractivity contribution in [3.63, 3.8) is 0 Å². The van der Waals surface area contributed by atoms with Crippen molar-refractivity contribution in [2.24, 2.45) is 0 Å².